The Kier molecular flexibility index (Phi) is 2.94. The van der Waals surface area contributed by atoms with Crippen LogP contribution in [0.1, 0.15) is 19.4 Å². The van der Waals surface area contributed by atoms with Crippen LogP contribution in [-0.4, -0.2) is 14.1 Å². The summed E-state index contributed by atoms with van der Waals surface area (Å²) in [6.45, 7) is 6.15. The fraction of sp³-hybridized carbons (Fsp3) is 0.417. The molecule has 18 heavy (non-hydrogen) atoms. The van der Waals surface area contributed by atoms with Crippen molar-refractivity contribution < 1.29 is 0 Å². The summed E-state index contributed by atoms with van der Waals surface area (Å²) in [6.07, 6.45) is 1.58. The Labute approximate surface area is 104 Å². The molecule has 0 radical (unpaired) electrons. The van der Waals surface area contributed by atoms with Gasteiger partial charge in [0.1, 0.15) is 5.39 Å². The van der Waals surface area contributed by atoms with Crippen molar-refractivity contribution in [2.45, 2.75) is 33.9 Å². The Balaban J connectivity index is 3.15. The highest BCUT2D eigenvalue weighted by atomic mass is 16.2. The van der Waals surface area contributed by atoms with Gasteiger partial charge < -0.3 is 5.73 Å². The first-order valence-electron chi connectivity index (χ1n) is 5.91. The predicted molar refractivity (Wildman–Crippen MR) is 70.8 cm³/mol. The normalized spacial score (nSPS) is 11.1. The molecule has 0 saturated heterocycles. The number of nitrogens with two attached hydrogens (primary N) is 1. The first kappa shape index (κ1) is 12.3. The third kappa shape index (κ3) is 1.53. The molecule has 0 aliphatic carbocycles. The second kappa shape index (κ2) is 4.29. The first-order valence-corrected chi connectivity index (χ1v) is 5.91. The van der Waals surface area contributed by atoms with Gasteiger partial charge in [0.25, 0.3) is 5.56 Å². The molecule has 0 aromatic carbocycles. The van der Waals surface area contributed by atoms with Gasteiger partial charge in [-0.15, -0.1) is 0 Å². The van der Waals surface area contributed by atoms with E-state index in [9.17, 15) is 9.59 Å². The number of nitrogens with zero attached hydrogens (tertiary/aromatic N) is 3. The van der Waals surface area contributed by atoms with Gasteiger partial charge in [0, 0.05) is 19.3 Å². The third-order valence-corrected chi connectivity index (χ3v) is 3.11. The Bertz CT molecular complexity index is 727. The molecule has 2 heterocycles. The summed E-state index contributed by atoms with van der Waals surface area (Å²) in [4.78, 5) is 28.5. The monoisotopic (exact) mass is 248 g/mol. The van der Waals surface area contributed by atoms with Crippen molar-refractivity contribution in [1.29, 1.82) is 0 Å². The number of hydrogen-bond acceptors (Lipinski definition) is 4. The minimum atomic E-state index is -0.365. The van der Waals surface area contributed by atoms with Crippen LogP contribution in [0.25, 0.3) is 11.0 Å². The van der Waals surface area contributed by atoms with Crippen LogP contribution in [0.4, 0.5) is 5.69 Å². The van der Waals surface area contributed by atoms with Crippen molar-refractivity contribution in [1.82, 2.24) is 14.1 Å². The second-order valence-electron chi connectivity index (χ2n) is 4.13. The topological polar surface area (TPSA) is 82.9 Å². The van der Waals surface area contributed by atoms with E-state index in [1.807, 2.05) is 6.92 Å². The highest BCUT2D eigenvalue weighted by molar-refractivity contribution is 5.88. The van der Waals surface area contributed by atoms with Crippen molar-refractivity contribution in [3.63, 3.8) is 0 Å². The summed E-state index contributed by atoms with van der Waals surface area (Å²) in [7, 11) is 0. The molecule has 0 spiro atoms. The van der Waals surface area contributed by atoms with Gasteiger partial charge in [0.15, 0.2) is 5.65 Å². The third-order valence-electron chi connectivity index (χ3n) is 3.11. The fourth-order valence-electron chi connectivity index (χ4n) is 2.05. The van der Waals surface area contributed by atoms with Crippen LogP contribution in [0.15, 0.2) is 15.8 Å². The van der Waals surface area contributed by atoms with E-state index in [0.29, 0.717) is 29.8 Å². The zero-order chi connectivity index (χ0) is 13.4. The largest absolute Gasteiger partial charge is 0.398 e. The van der Waals surface area contributed by atoms with Crippen molar-refractivity contribution in [3.05, 3.63) is 32.6 Å². The van der Waals surface area contributed by atoms with E-state index in [2.05, 4.69) is 4.98 Å². The smallest absolute Gasteiger partial charge is 0.332 e. The predicted octanol–water partition coefficient (Wildman–Crippen LogP) is 0.489. The Morgan fingerprint density at radius 2 is 1.83 bits per heavy atom. The number of aryl methyl sites for hydroxylation is 2. The lowest BCUT2D eigenvalue weighted by Crippen LogP contribution is -2.40. The molecule has 0 aliphatic heterocycles. The Morgan fingerprint density at radius 1 is 1.22 bits per heavy atom. The molecule has 2 aromatic heterocycles. The van der Waals surface area contributed by atoms with E-state index < -0.39 is 0 Å². The summed E-state index contributed by atoms with van der Waals surface area (Å²) in [5.74, 6) is 0. The van der Waals surface area contributed by atoms with Crippen LogP contribution in [0.3, 0.4) is 0 Å². The molecule has 2 aromatic rings. The van der Waals surface area contributed by atoms with Gasteiger partial charge in [-0.3, -0.25) is 13.9 Å². The van der Waals surface area contributed by atoms with Gasteiger partial charge >= 0.3 is 5.69 Å². The molecule has 0 fully saturated rings. The molecule has 0 bridgehead atoms. The van der Waals surface area contributed by atoms with Gasteiger partial charge in [-0.1, -0.05) is 0 Å². The number of rotatable bonds is 2. The summed E-state index contributed by atoms with van der Waals surface area (Å²) >= 11 is 0. The number of fused-ring (bicyclic) bond motifs is 1. The zero-order valence-corrected chi connectivity index (χ0v) is 10.7. The van der Waals surface area contributed by atoms with Crippen LogP contribution in [0.5, 0.6) is 0 Å². The molecule has 2 N–H and O–H groups in total. The van der Waals surface area contributed by atoms with Crippen LogP contribution in [-0.2, 0) is 13.1 Å². The summed E-state index contributed by atoms with van der Waals surface area (Å²) in [5.41, 5.74) is 6.74. The van der Waals surface area contributed by atoms with Crippen molar-refractivity contribution in [2.24, 2.45) is 0 Å². The number of pyridine rings is 1. The molecule has 0 atom stereocenters. The molecule has 96 valence electrons. The molecule has 0 unspecified atom stereocenters. The van der Waals surface area contributed by atoms with Crippen molar-refractivity contribution in [2.75, 3.05) is 5.73 Å². The number of aromatic nitrogens is 3. The maximum Gasteiger partial charge on any atom is 0.332 e. The van der Waals surface area contributed by atoms with Crippen LogP contribution >= 0.6 is 0 Å². The molecule has 0 saturated carbocycles. The lowest BCUT2D eigenvalue weighted by Gasteiger charge is -2.12. The van der Waals surface area contributed by atoms with Crippen LogP contribution in [0, 0.1) is 6.92 Å². The summed E-state index contributed by atoms with van der Waals surface area (Å²) < 4.78 is 2.65. The van der Waals surface area contributed by atoms with E-state index in [4.69, 9.17) is 5.73 Å². The number of hydrogen-bond donors (Lipinski definition) is 1. The van der Waals surface area contributed by atoms with Crippen LogP contribution < -0.4 is 17.0 Å². The van der Waals surface area contributed by atoms with Crippen molar-refractivity contribution in [3.8, 4) is 0 Å². The summed E-state index contributed by atoms with van der Waals surface area (Å²) in [6, 6.07) is 0. The lowest BCUT2D eigenvalue weighted by molar-refractivity contribution is 0.605. The highest BCUT2D eigenvalue weighted by Crippen LogP contribution is 2.17. The second-order valence-corrected chi connectivity index (χ2v) is 4.13. The summed E-state index contributed by atoms with van der Waals surface area (Å²) in [5, 5.41) is 0.332. The average Bonchev–Trinajstić information content (AvgIpc) is 2.34. The van der Waals surface area contributed by atoms with E-state index in [-0.39, 0.29) is 11.2 Å². The molecule has 6 heteroatoms. The van der Waals surface area contributed by atoms with Crippen molar-refractivity contribution >= 4 is 16.7 Å². The SMILES string of the molecule is CCn1c(=O)c2c(N)c(C)cnc2n(CC)c1=O. The van der Waals surface area contributed by atoms with E-state index in [1.165, 1.54) is 9.13 Å². The minimum absolute atomic E-state index is 0.320. The van der Waals surface area contributed by atoms with Gasteiger partial charge in [-0.05, 0) is 26.3 Å². The number of nitrogen functional groups attached to an aromatic ring is 1. The van der Waals surface area contributed by atoms with E-state index in [1.54, 1.807) is 20.0 Å². The molecule has 0 aliphatic rings. The minimum Gasteiger partial charge on any atom is -0.398 e. The standard InChI is InChI=1S/C12H16N4O2/c1-4-15-10-8(9(13)7(3)6-14-10)11(17)16(5-2)12(15)18/h6H,4-5H2,1-3H3,(H2,13,14). The fourth-order valence-corrected chi connectivity index (χ4v) is 2.05. The molecular formula is C12H16N4O2. The van der Waals surface area contributed by atoms with Gasteiger partial charge in [0.05, 0.1) is 5.69 Å². The Morgan fingerprint density at radius 3 is 2.39 bits per heavy atom. The lowest BCUT2D eigenvalue weighted by atomic mass is 10.2. The number of anilines is 1. The first-order chi connectivity index (χ1) is 8.52. The Hall–Kier alpha value is -2.11. The van der Waals surface area contributed by atoms with Gasteiger partial charge in [-0.2, -0.15) is 0 Å². The zero-order valence-electron chi connectivity index (χ0n) is 10.7. The molecule has 6 nitrogen and oxygen atoms in total. The maximum absolute atomic E-state index is 12.3. The van der Waals surface area contributed by atoms with Gasteiger partial charge in [0.2, 0.25) is 0 Å². The molecular weight excluding hydrogens is 232 g/mol. The van der Waals surface area contributed by atoms with E-state index in [0.717, 1.165) is 5.56 Å². The highest BCUT2D eigenvalue weighted by Gasteiger charge is 2.15. The molecule has 0 amide bonds. The quantitative estimate of drug-likeness (QED) is 0.838. The van der Waals surface area contributed by atoms with E-state index >= 15 is 0 Å². The van der Waals surface area contributed by atoms with Crippen LogP contribution in [0.2, 0.25) is 0 Å². The van der Waals surface area contributed by atoms with Gasteiger partial charge in [-0.25, -0.2) is 9.78 Å². The maximum atomic E-state index is 12.3. The molecule has 2 rings (SSSR count). The average molecular weight is 248 g/mol.